The summed E-state index contributed by atoms with van der Waals surface area (Å²) in [6.07, 6.45) is -0.893. The van der Waals surface area contributed by atoms with Crippen LogP contribution in [0.3, 0.4) is 0 Å². The molecule has 0 bridgehead atoms. The van der Waals surface area contributed by atoms with E-state index in [1.165, 1.54) is 6.92 Å². The predicted molar refractivity (Wildman–Crippen MR) is 101 cm³/mol. The quantitative estimate of drug-likeness (QED) is 0.758. The van der Waals surface area contributed by atoms with Crippen LogP contribution in [0.15, 0.2) is 42.5 Å². The lowest BCUT2D eigenvalue weighted by molar-refractivity contribution is -0.153. The summed E-state index contributed by atoms with van der Waals surface area (Å²) >= 11 is 0. The molecule has 0 aliphatic carbocycles. The average molecular weight is 366 g/mol. The van der Waals surface area contributed by atoms with E-state index in [1.807, 2.05) is 38.1 Å². The Kier molecular flexibility index (Phi) is 6.95. The summed E-state index contributed by atoms with van der Waals surface area (Å²) in [5.41, 5.74) is 3.09. The lowest BCUT2D eigenvalue weighted by Gasteiger charge is -2.14. The first-order valence-electron chi connectivity index (χ1n) is 8.59. The van der Waals surface area contributed by atoms with E-state index in [0.717, 1.165) is 16.9 Å². The van der Waals surface area contributed by atoms with Crippen LogP contribution in [0.1, 0.15) is 30.0 Å². The molecule has 2 rings (SSSR count). The second kappa shape index (κ2) is 9.39. The first kappa shape index (κ1) is 20.0. The SMILES string of the molecule is Cc1ccc(C)c(OCCC(=O)O[C@@H](C)C(=O)Nc2ccc(C#N)cc2)c1. The molecule has 0 saturated carbocycles. The molecule has 0 radical (unpaired) electrons. The number of hydrogen-bond donors (Lipinski definition) is 1. The molecular formula is C21H22N2O4. The number of amides is 1. The molecule has 1 atom stereocenters. The van der Waals surface area contributed by atoms with Crippen molar-refractivity contribution in [3.63, 3.8) is 0 Å². The van der Waals surface area contributed by atoms with E-state index in [1.54, 1.807) is 24.3 Å². The maximum atomic E-state index is 12.1. The summed E-state index contributed by atoms with van der Waals surface area (Å²) in [6.45, 7) is 5.58. The van der Waals surface area contributed by atoms with Crippen molar-refractivity contribution in [2.45, 2.75) is 33.3 Å². The molecule has 0 aliphatic heterocycles. The fourth-order valence-electron chi connectivity index (χ4n) is 2.29. The highest BCUT2D eigenvalue weighted by atomic mass is 16.5. The zero-order valence-electron chi connectivity index (χ0n) is 15.6. The molecule has 0 unspecified atom stereocenters. The van der Waals surface area contributed by atoms with Crippen LogP contribution in [0.5, 0.6) is 5.75 Å². The second-order valence-corrected chi connectivity index (χ2v) is 6.18. The maximum Gasteiger partial charge on any atom is 0.310 e. The number of ether oxygens (including phenoxy) is 2. The third kappa shape index (κ3) is 6.15. The molecule has 6 nitrogen and oxygen atoms in total. The molecule has 1 amide bonds. The topological polar surface area (TPSA) is 88.4 Å². The number of carbonyl (C=O) groups excluding carboxylic acids is 2. The van der Waals surface area contributed by atoms with Crippen molar-refractivity contribution in [3.05, 3.63) is 59.2 Å². The molecule has 2 aromatic carbocycles. The van der Waals surface area contributed by atoms with Crippen molar-refractivity contribution in [3.8, 4) is 11.8 Å². The third-order valence-electron chi connectivity index (χ3n) is 3.87. The van der Waals surface area contributed by atoms with Crippen LogP contribution in [-0.2, 0) is 14.3 Å². The van der Waals surface area contributed by atoms with Crippen LogP contribution in [-0.4, -0.2) is 24.6 Å². The van der Waals surface area contributed by atoms with Gasteiger partial charge in [0.1, 0.15) is 5.75 Å². The van der Waals surface area contributed by atoms with Gasteiger partial charge in [-0.1, -0.05) is 12.1 Å². The highest BCUT2D eigenvalue weighted by molar-refractivity contribution is 5.95. The highest BCUT2D eigenvalue weighted by Crippen LogP contribution is 2.19. The van der Waals surface area contributed by atoms with E-state index in [0.29, 0.717) is 11.3 Å². The number of aryl methyl sites for hydroxylation is 2. The van der Waals surface area contributed by atoms with Gasteiger partial charge in [-0.25, -0.2) is 0 Å². The molecule has 0 fully saturated rings. The van der Waals surface area contributed by atoms with Crippen molar-refractivity contribution < 1.29 is 19.1 Å². The van der Waals surface area contributed by atoms with Crippen LogP contribution in [0, 0.1) is 25.2 Å². The fraction of sp³-hybridized carbons (Fsp3) is 0.286. The number of carbonyl (C=O) groups is 2. The first-order valence-corrected chi connectivity index (χ1v) is 8.59. The van der Waals surface area contributed by atoms with Crippen molar-refractivity contribution in [2.24, 2.45) is 0 Å². The van der Waals surface area contributed by atoms with Crippen LogP contribution >= 0.6 is 0 Å². The molecule has 6 heteroatoms. The van der Waals surface area contributed by atoms with Crippen LogP contribution in [0.25, 0.3) is 0 Å². The Morgan fingerprint density at radius 3 is 2.52 bits per heavy atom. The van der Waals surface area contributed by atoms with Crippen LogP contribution < -0.4 is 10.1 Å². The second-order valence-electron chi connectivity index (χ2n) is 6.18. The number of anilines is 1. The number of benzene rings is 2. The molecule has 140 valence electrons. The van der Waals surface area contributed by atoms with Gasteiger partial charge >= 0.3 is 5.97 Å². The van der Waals surface area contributed by atoms with E-state index in [4.69, 9.17) is 14.7 Å². The van der Waals surface area contributed by atoms with Gasteiger partial charge in [0, 0.05) is 5.69 Å². The summed E-state index contributed by atoms with van der Waals surface area (Å²) in [6, 6.07) is 14.3. The van der Waals surface area contributed by atoms with E-state index in [2.05, 4.69) is 5.32 Å². The molecule has 0 spiro atoms. The standard InChI is InChI=1S/C21H22N2O4/c1-14-4-5-15(2)19(12-14)26-11-10-20(24)27-16(3)21(25)23-18-8-6-17(13-22)7-9-18/h4-9,12,16H,10-11H2,1-3H3,(H,23,25)/t16-/m0/s1. The van der Waals surface area contributed by atoms with Gasteiger partial charge in [0.2, 0.25) is 0 Å². The van der Waals surface area contributed by atoms with Gasteiger partial charge in [-0.2, -0.15) is 5.26 Å². The lowest BCUT2D eigenvalue weighted by atomic mass is 10.1. The molecule has 0 saturated heterocycles. The van der Waals surface area contributed by atoms with Gasteiger partial charge in [0.25, 0.3) is 5.91 Å². The number of nitriles is 1. The van der Waals surface area contributed by atoms with E-state index in [-0.39, 0.29) is 13.0 Å². The Morgan fingerprint density at radius 1 is 1.15 bits per heavy atom. The zero-order chi connectivity index (χ0) is 19.8. The van der Waals surface area contributed by atoms with Crippen LogP contribution in [0.2, 0.25) is 0 Å². The highest BCUT2D eigenvalue weighted by Gasteiger charge is 2.18. The Bertz CT molecular complexity index is 853. The summed E-state index contributed by atoms with van der Waals surface area (Å²) < 4.78 is 10.8. The molecule has 1 N–H and O–H groups in total. The summed E-state index contributed by atoms with van der Waals surface area (Å²) in [5.74, 6) is -0.222. The number of rotatable bonds is 7. The molecule has 2 aromatic rings. The van der Waals surface area contributed by atoms with Crippen molar-refractivity contribution >= 4 is 17.6 Å². The van der Waals surface area contributed by atoms with Crippen LogP contribution in [0.4, 0.5) is 5.69 Å². The van der Waals surface area contributed by atoms with Gasteiger partial charge in [-0.3, -0.25) is 9.59 Å². The van der Waals surface area contributed by atoms with Gasteiger partial charge in [-0.05, 0) is 62.2 Å². The Balaban J connectivity index is 1.77. The predicted octanol–water partition coefficient (Wildman–Crippen LogP) is 3.51. The van der Waals surface area contributed by atoms with Crippen molar-refractivity contribution in [1.29, 1.82) is 5.26 Å². The first-order chi connectivity index (χ1) is 12.9. The van der Waals surface area contributed by atoms with Crippen molar-refractivity contribution in [2.75, 3.05) is 11.9 Å². The summed E-state index contributed by atoms with van der Waals surface area (Å²) in [4.78, 5) is 24.0. The third-order valence-corrected chi connectivity index (χ3v) is 3.87. The van der Waals surface area contributed by atoms with E-state index < -0.39 is 18.0 Å². The number of hydrogen-bond acceptors (Lipinski definition) is 5. The van der Waals surface area contributed by atoms with Crippen molar-refractivity contribution in [1.82, 2.24) is 0 Å². The minimum atomic E-state index is -0.936. The van der Waals surface area contributed by atoms with E-state index in [9.17, 15) is 9.59 Å². The minimum Gasteiger partial charge on any atom is -0.493 e. The Morgan fingerprint density at radius 2 is 1.85 bits per heavy atom. The zero-order valence-corrected chi connectivity index (χ0v) is 15.6. The molecule has 0 heterocycles. The fourth-order valence-corrected chi connectivity index (χ4v) is 2.29. The molecule has 0 aromatic heterocycles. The van der Waals surface area contributed by atoms with Gasteiger partial charge in [-0.15, -0.1) is 0 Å². The van der Waals surface area contributed by atoms with Gasteiger partial charge < -0.3 is 14.8 Å². The Hall–Kier alpha value is -3.33. The number of esters is 1. The smallest absolute Gasteiger partial charge is 0.310 e. The van der Waals surface area contributed by atoms with Gasteiger partial charge in [0.15, 0.2) is 6.10 Å². The summed E-state index contributed by atoms with van der Waals surface area (Å²) in [7, 11) is 0. The minimum absolute atomic E-state index is 0.0435. The molecule has 0 aliphatic rings. The molecule has 27 heavy (non-hydrogen) atoms. The van der Waals surface area contributed by atoms with Gasteiger partial charge in [0.05, 0.1) is 24.7 Å². The Labute approximate surface area is 158 Å². The number of nitrogens with one attached hydrogen (secondary N) is 1. The average Bonchev–Trinajstić information content (AvgIpc) is 2.65. The molecular weight excluding hydrogens is 344 g/mol. The van der Waals surface area contributed by atoms with E-state index >= 15 is 0 Å². The lowest BCUT2D eigenvalue weighted by Crippen LogP contribution is -2.30. The normalized spacial score (nSPS) is 11.2. The number of nitrogens with zero attached hydrogens (tertiary/aromatic N) is 1. The summed E-state index contributed by atoms with van der Waals surface area (Å²) in [5, 5.41) is 11.4. The monoisotopic (exact) mass is 366 g/mol. The largest absolute Gasteiger partial charge is 0.493 e. The maximum absolute atomic E-state index is 12.1.